The summed E-state index contributed by atoms with van der Waals surface area (Å²) in [5.41, 5.74) is 0. The molecule has 8 heteroatoms. The van der Waals surface area contributed by atoms with Gasteiger partial charge in [-0.2, -0.15) is 4.31 Å². The maximum absolute atomic E-state index is 12.6. The molecular weight excluding hydrogens is 527 g/mol. The molecule has 4 nitrogen and oxygen atoms in total. The van der Waals surface area contributed by atoms with E-state index in [1.165, 1.54) is 0 Å². The molecular formula is C12H16ClI2NO3S. The molecule has 0 aliphatic carbocycles. The number of sulfonamides is 1. The number of hydrogen-bond acceptors (Lipinski definition) is 3. The third-order valence-corrected chi connectivity index (χ3v) is 6.74. The van der Waals surface area contributed by atoms with E-state index in [0.717, 1.165) is 8.86 Å². The maximum Gasteiger partial charge on any atom is 0.243 e. The summed E-state index contributed by atoms with van der Waals surface area (Å²) in [6.45, 7) is 0.876. The molecule has 1 fully saturated rings. The molecule has 1 aliphatic heterocycles. The van der Waals surface area contributed by atoms with Gasteiger partial charge in [0.05, 0.1) is 17.1 Å². The third-order valence-electron chi connectivity index (χ3n) is 2.92. The highest BCUT2D eigenvalue weighted by Crippen LogP contribution is 2.22. The molecule has 0 saturated carbocycles. The van der Waals surface area contributed by atoms with Crippen LogP contribution < -0.4 is 0 Å². The summed E-state index contributed by atoms with van der Waals surface area (Å²) >= 11 is 4.47. The van der Waals surface area contributed by atoms with E-state index in [0.29, 0.717) is 18.0 Å². The van der Waals surface area contributed by atoms with Gasteiger partial charge in [0.25, 0.3) is 0 Å². The van der Waals surface area contributed by atoms with Gasteiger partial charge in [-0.05, 0) is 12.1 Å². The Morgan fingerprint density at radius 2 is 1.60 bits per heavy atom. The number of morpholine rings is 1. The van der Waals surface area contributed by atoms with Gasteiger partial charge in [0.1, 0.15) is 0 Å². The van der Waals surface area contributed by atoms with Crippen LogP contribution >= 0.6 is 57.6 Å². The van der Waals surface area contributed by atoms with Gasteiger partial charge in [0.15, 0.2) is 0 Å². The molecule has 2 rings (SSSR count). The van der Waals surface area contributed by atoms with E-state index in [2.05, 4.69) is 45.2 Å². The van der Waals surface area contributed by atoms with Crippen LogP contribution in [0.2, 0.25) is 0 Å². The number of nitrogens with zero attached hydrogens (tertiary/aromatic N) is 1. The molecule has 20 heavy (non-hydrogen) atoms. The monoisotopic (exact) mass is 543 g/mol. The summed E-state index contributed by atoms with van der Waals surface area (Å²) in [6.07, 6.45) is -0.0415. The van der Waals surface area contributed by atoms with Crippen LogP contribution in [0.4, 0.5) is 0 Å². The molecule has 1 aliphatic rings. The zero-order valence-electron chi connectivity index (χ0n) is 10.6. The van der Waals surface area contributed by atoms with Gasteiger partial charge in [-0.1, -0.05) is 63.4 Å². The number of halogens is 3. The van der Waals surface area contributed by atoms with E-state index in [1.807, 2.05) is 6.07 Å². The minimum atomic E-state index is -3.40. The predicted octanol–water partition coefficient (Wildman–Crippen LogP) is 2.74. The summed E-state index contributed by atoms with van der Waals surface area (Å²) in [4.78, 5) is 0.358. The van der Waals surface area contributed by atoms with Gasteiger partial charge in [0.2, 0.25) is 10.0 Å². The van der Waals surface area contributed by atoms with E-state index in [1.54, 1.807) is 28.6 Å². The Hall–Kier alpha value is 0.840. The van der Waals surface area contributed by atoms with Crippen molar-refractivity contribution in [1.82, 2.24) is 4.31 Å². The molecule has 114 valence electrons. The fourth-order valence-electron chi connectivity index (χ4n) is 2.00. The lowest BCUT2D eigenvalue weighted by atomic mass is 10.3. The van der Waals surface area contributed by atoms with Crippen molar-refractivity contribution < 1.29 is 13.2 Å². The normalized spacial score (nSPS) is 24.1. The van der Waals surface area contributed by atoms with Crippen molar-refractivity contribution in [3.63, 3.8) is 0 Å². The largest absolute Gasteiger partial charge is 0.371 e. The molecule has 0 spiro atoms. The SMILES string of the molecule is Cl.O=S(=O)(c1ccccc1)N1CC(CI)OC(CI)C1. The first-order valence-electron chi connectivity index (χ1n) is 5.90. The molecule has 2 unspecified atom stereocenters. The van der Waals surface area contributed by atoms with Crippen LogP contribution in [-0.2, 0) is 14.8 Å². The molecule has 1 saturated heterocycles. The standard InChI is InChI=1S/C12H15I2NO3S.ClH/c13-6-10-8-15(9-11(7-14)18-10)19(16,17)12-4-2-1-3-5-12;/h1-5,10-11H,6-9H2;1H. The first kappa shape index (κ1) is 18.9. The highest BCUT2D eigenvalue weighted by molar-refractivity contribution is 14.1. The van der Waals surface area contributed by atoms with Gasteiger partial charge in [-0.25, -0.2) is 8.42 Å². The van der Waals surface area contributed by atoms with Gasteiger partial charge in [0, 0.05) is 21.9 Å². The van der Waals surface area contributed by atoms with E-state index in [4.69, 9.17) is 4.74 Å². The molecule has 2 atom stereocenters. The van der Waals surface area contributed by atoms with Crippen LogP contribution in [0.1, 0.15) is 0 Å². The van der Waals surface area contributed by atoms with Crippen molar-refractivity contribution in [2.24, 2.45) is 0 Å². The summed E-state index contributed by atoms with van der Waals surface area (Å²) in [7, 11) is -3.40. The molecule has 0 N–H and O–H groups in total. The summed E-state index contributed by atoms with van der Waals surface area (Å²) in [5.74, 6) is 0. The second-order valence-electron chi connectivity index (χ2n) is 4.32. The summed E-state index contributed by atoms with van der Waals surface area (Å²) in [6, 6.07) is 8.60. The Morgan fingerprint density at radius 1 is 1.10 bits per heavy atom. The van der Waals surface area contributed by atoms with Crippen molar-refractivity contribution in [1.29, 1.82) is 0 Å². The third kappa shape index (κ3) is 4.42. The van der Waals surface area contributed by atoms with Crippen molar-refractivity contribution in [3.05, 3.63) is 30.3 Å². The average Bonchev–Trinajstić information content (AvgIpc) is 2.47. The lowest BCUT2D eigenvalue weighted by Crippen LogP contribution is -2.51. The highest BCUT2D eigenvalue weighted by atomic mass is 127. The van der Waals surface area contributed by atoms with E-state index in [-0.39, 0.29) is 24.6 Å². The number of benzene rings is 1. The smallest absolute Gasteiger partial charge is 0.243 e. The first-order chi connectivity index (χ1) is 9.07. The Morgan fingerprint density at radius 3 is 2.05 bits per heavy atom. The Kier molecular flexibility index (Phi) is 8.00. The number of hydrogen-bond donors (Lipinski definition) is 0. The lowest BCUT2D eigenvalue weighted by molar-refractivity contribution is -0.0364. The maximum atomic E-state index is 12.6. The van der Waals surface area contributed by atoms with Gasteiger partial charge in [-0.3, -0.25) is 0 Å². The highest BCUT2D eigenvalue weighted by Gasteiger charge is 2.34. The zero-order valence-corrected chi connectivity index (χ0v) is 16.6. The van der Waals surface area contributed by atoms with Crippen molar-refractivity contribution in [3.8, 4) is 0 Å². The predicted molar refractivity (Wildman–Crippen MR) is 98.9 cm³/mol. The molecule has 0 aromatic heterocycles. The minimum Gasteiger partial charge on any atom is -0.371 e. The zero-order chi connectivity index (χ0) is 13.9. The van der Waals surface area contributed by atoms with Gasteiger partial charge >= 0.3 is 0 Å². The Balaban J connectivity index is 0.00000200. The quantitative estimate of drug-likeness (QED) is 0.434. The van der Waals surface area contributed by atoms with E-state index in [9.17, 15) is 8.42 Å². The second kappa shape index (κ2) is 8.47. The average molecular weight is 544 g/mol. The fraction of sp³-hybridized carbons (Fsp3) is 0.500. The molecule has 0 radical (unpaired) electrons. The minimum absolute atomic E-state index is 0. The summed E-state index contributed by atoms with van der Waals surface area (Å²) < 4.78 is 34.1. The van der Waals surface area contributed by atoms with Crippen molar-refractivity contribution in [2.75, 3.05) is 21.9 Å². The second-order valence-corrected chi connectivity index (χ2v) is 8.02. The van der Waals surface area contributed by atoms with Crippen LogP contribution in [0, 0.1) is 0 Å². The Labute approximate surface area is 153 Å². The first-order valence-corrected chi connectivity index (χ1v) is 10.4. The van der Waals surface area contributed by atoms with Crippen LogP contribution in [0.15, 0.2) is 35.2 Å². The fourth-order valence-corrected chi connectivity index (χ4v) is 4.49. The lowest BCUT2D eigenvalue weighted by Gasteiger charge is -2.36. The number of alkyl halides is 2. The molecule has 1 aromatic rings. The topological polar surface area (TPSA) is 46.6 Å². The van der Waals surface area contributed by atoms with Crippen molar-refractivity contribution in [2.45, 2.75) is 17.1 Å². The van der Waals surface area contributed by atoms with Crippen LogP contribution in [0.3, 0.4) is 0 Å². The van der Waals surface area contributed by atoms with Crippen LogP contribution in [-0.4, -0.2) is 46.9 Å². The molecule has 0 bridgehead atoms. The molecule has 1 aromatic carbocycles. The molecule has 0 amide bonds. The molecule has 1 heterocycles. The van der Waals surface area contributed by atoms with Gasteiger partial charge in [-0.15, -0.1) is 12.4 Å². The van der Waals surface area contributed by atoms with Crippen LogP contribution in [0.25, 0.3) is 0 Å². The Bertz CT molecular complexity index is 503. The summed E-state index contributed by atoms with van der Waals surface area (Å²) in [5, 5.41) is 0. The van der Waals surface area contributed by atoms with E-state index >= 15 is 0 Å². The number of rotatable bonds is 4. The van der Waals surface area contributed by atoms with Crippen LogP contribution in [0.5, 0.6) is 0 Å². The van der Waals surface area contributed by atoms with Gasteiger partial charge < -0.3 is 4.74 Å². The van der Waals surface area contributed by atoms with E-state index < -0.39 is 10.0 Å². The van der Waals surface area contributed by atoms with Crippen molar-refractivity contribution >= 4 is 67.6 Å². The number of ether oxygens (including phenoxy) is 1.